The molecule has 248 valence electrons. The number of aryl methyl sites for hydroxylation is 2. The third kappa shape index (κ3) is 7.66. The topological polar surface area (TPSA) is 24.4 Å². The lowest BCUT2D eigenvalue weighted by Crippen LogP contribution is -2.44. The van der Waals surface area contributed by atoms with Gasteiger partial charge in [0, 0.05) is 39.0 Å². The molecule has 6 heterocycles. The van der Waals surface area contributed by atoms with Gasteiger partial charge in [0.2, 0.25) is 0 Å². The minimum atomic E-state index is -0.308. The van der Waals surface area contributed by atoms with Crippen LogP contribution in [0.5, 0.6) is 0 Å². The van der Waals surface area contributed by atoms with Crippen molar-refractivity contribution in [3.8, 4) is 19.5 Å². The van der Waals surface area contributed by atoms with E-state index in [1.54, 1.807) is 0 Å². The molecule has 0 amide bonds. The predicted octanol–water partition coefficient (Wildman–Crippen LogP) is 12.6. The van der Waals surface area contributed by atoms with Gasteiger partial charge in [-0.2, -0.15) is 0 Å². The van der Waals surface area contributed by atoms with E-state index in [1.807, 2.05) is 56.7 Å². The molecule has 0 saturated heterocycles. The Kier molecular flexibility index (Phi) is 10.8. The summed E-state index contributed by atoms with van der Waals surface area (Å²) in [5.74, 6) is 0. The van der Waals surface area contributed by atoms with Gasteiger partial charge in [0.25, 0.3) is 0 Å². The van der Waals surface area contributed by atoms with Crippen molar-refractivity contribution in [3.63, 3.8) is 0 Å². The molecule has 1 aliphatic carbocycles. The van der Waals surface area contributed by atoms with E-state index >= 15 is 0 Å². The first kappa shape index (κ1) is 33.7. The van der Waals surface area contributed by atoms with Crippen LogP contribution in [0.15, 0.2) is 77.8 Å². The largest absolute Gasteiger partial charge is 0.368 e. The summed E-state index contributed by atoms with van der Waals surface area (Å²) in [5.41, 5.74) is 2.95. The smallest absolute Gasteiger partial charge is 0.105 e. The highest BCUT2D eigenvalue weighted by atomic mass is 32.1. The minimum absolute atomic E-state index is 0.308. The molecule has 0 fully saturated rings. The Morgan fingerprint density at radius 1 is 0.625 bits per heavy atom. The molecule has 2 aliphatic rings. The van der Waals surface area contributed by atoms with Crippen LogP contribution in [0.25, 0.3) is 31.7 Å². The Morgan fingerprint density at radius 2 is 1.19 bits per heavy atom. The number of aliphatic imine (C=N–C) groups is 1. The van der Waals surface area contributed by atoms with E-state index < -0.39 is 0 Å². The number of allylic oxidation sites excluding steroid dienone is 2. The molecule has 0 spiro atoms. The molecule has 1 unspecified atom stereocenters. The second kappa shape index (κ2) is 15.4. The fraction of sp³-hybridized carbons (Fsp3) is 0.341. The predicted molar refractivity (Wildman–Crippen MR) is 219 cm³/mol. The molecule has 5 aromatic heterocycles. The zero-order chi connectivity index (χ0) is 32.9. The van der Waals surface area contributed by atoms with Gasteiger partial charge in [-0.25, -0.2) is 4.99 Å². The molecule has 1 atom stereocenters. The first-order valence-electron chi connectivity index (χ1n) is 17.5. The fourth-order valence-electron chi connectivity index (χ4n) is 6.31. The van der Waals surface area contributed by atoms with Crippen molar-refractivity contribution in [2.24, 2.45) is 4.99 Å². The molecular formula is C41H44N2S5. The average Bonchev–Trinajstić information content (AvgIpc) is 3.93. The van der Waals surface area contributed by atoms with Gasteiger partial charge in [-0.3, -0.25) is 0 Å². The summed E-state index contributed by atoms with van der Waals surface area (Å²) in [6.45, 7) is 6.78. The van der Waals surface area contributed by atoms with Crippen LogP contribution in [0.1, 0.15) is 91.6 Å². The number of thiophene rings is 5. The maximum atomic E-state index is 5.29. The van der Waals surface area contributed by atoms with E-state index in [1.165, 1.54) is 112 Å². The van der Waals surface area contributed by atoms with E-state index in [4.69, 9.17) is 4.99 Å². The number of unbranched alkanes of at least 4 members (excludes halogenated alkanes) is 6. The SMILES string of the molecule is CCCCCCc1ccc(-c2ccc(/C=c3\s/c(=C\c4ccc(-c5ccc(CCCCCC)s5)s4)c4c3N=C3C=CC=CC3(C)N4)s2)s1. The molecule has 7 heteroatoms. The van der Waals surface area contributed by atoms with Crippen LogP contribution >= 0.6 is 56.7 Å². The summed E-state index contributed by atoms with van der Waals surface area (Å²) in [4.78, 5) is 16.3. The number of hydrogen-bond acceptors (Lipinski definition) is 7. The number of hydrogen-bond donors (Lipinski definition) is 1. The van der Waals surface area contributed by atoms with Crippen LogP contribution in [-0.4, -0.2) is 11.3 Å². The number of rotatable bonds is 14. The second-order valence-electron chi connectivity index (χ2n) is 12.9. The summed E-state index contributed by atoms with van der Waals surface area (Å²) in [7, 11) is 0. The summed E-state index contributed by atoms with van der Waals surface area (Å²) in [6.07, 6.45) is 26.2. The van der Waals surface area contributed by atoms with Crippen LogP contribution in [0.2, 0.25) is 0 Å². The van der Waals surface area contributed by atoms with Crippen molar-refractivity contribution < 1.29 is 0 Å². The van der Waals surface area contributed by atoms with E-state index in [0.29, 0.717) is 0 Å². The summed E-state index contributed by atoms with van der Waals surface area (Å²) in [6, 6.07) is 18.4. The lowest BCUT2D eigenvalue weighted by Gasteiger charge is -2.33. The summed E-state index contributed by atoms with van der Waals surface area (Å²) < 4.78 is 2.45. The fourth-order valence-corrected chi connectivity index (χ4v) is 11.7. The molecule has 1 N–H and O–H groups in total. The van der Waals surface area contributed by atoms with Crippen LogP contribution < -0.4 is 14.4 Å². The third-order valence-corrected chi connectivity index (χ3v) is 14.9. The maximum absolute atomic E-state index is 5.29. The van der Waals surface area contributed by atoms with E-state index in [-0.39, 0.29) is 5.54 Å². The molecule has 0 bridgehead atoms. The summed E-state index contributed by atoms with van der Waals surface area (Å²) >= 11 is 9.54. The highest BCUT2D eigenvalue weighted by molar-refractivity contribution is 7.23. The van der Waals surface area contributed by atoms with Gasteiger partial charge in [0.15, 0.2) is 0 Å². The molecule has 1 aliphatic heterocycles. The van der Waals surface area contributed by atoms with E-state index in [0.717, 1.165) is 17.1 Å². The van der Waals surface area contributed by atoms with Crippen LogP contribution in [0.4, 0.5) is 11.4 Å². The number of fused-ring (bicyclic) bond motifs is 2. The second-order valence-corrected chi connectivity index (χ2v) is 18.6. The van der Waals surface area contributed by atoms with E-state index in [9.17, 15) is 0 Å². The van der Waals surface area contributed by atoms with Gasteiger partial charge in [-0.15, -0.1) is 56.7 Å². The highest BCUT2D eigenvalue weighted by Crippen LogP contribution is 2.38. The van der Waals surface area contributed by atoms with Crippen molar-refractivity contribution in [2.45, 2.75) is 90.5 Å². The Balaban J connectivity index is 1.18. The molecule has 0 aromatic carbocycles. The number of anilines is 1. The van der Waals surface area contributed by atoms with Gasteiger partial charge in [-0.05, 0) is 99.4 Å². The molecule has 0 saturated carbocycles. The first-order valence-corrected chi connectivity index (χ1v) is 21.6. The zero-order valence-corrected chi connectivity index (χ0v) is 32.2. The highest BCUT2D eigenvalue weighted by Gasteiger charge is 2.33. The van der Waals surface area contributed by atoms with Crippen LogP contribution in [-0.2, 0) is 12.8 Å². The maximum Gasteiger partial charge on any atom is 0.105 e. The van der Waals surface area contributed by atoms with Crippen molar-refractivity contribution in [3.05, 3.63) is 101 Å². The molecule has 2 nitrogen and oxygen atoms in total. The standard InChI is InChI=1S/C41H44N2S5/c1-4-6-8-10-14-28-17-21-32(44-28)34-23-19-30(46-34)26-36-39-40(43-41(3)25-13-12-16-38(41)42-39)37(48-36)27-31-20-24-35(47-31)33-22-18-29(45-33)15-11-9-7-5-2/h12-13,16-27,43H,4-11,14-15H2,1-3H3/b36-26-,37-27-. The van der Waals surface area contributed by atoms with Gasteiger partial charge < -0.3 is 5.32 Å². The monoisotopic (exact) mass is 724 g/mol. The molecule has 48 heavy (non-hydrogen) atoms. The lowest BCUT2D eigenvalue weighted by atomic mass is 9.89. The normalized spacial score (nSPS) is 17.5. The zero-order valence-electron chi connectivity index (χ0n) is 28.1. The van der Waals surface area contributed by atoms with Gasteiger partial charge >= 0.3 is 0 Å². The first-order chi connectivity index (χ1) is 23.5. The van der Waals surface area contributed by atoms with Crippen LogP contribution in [0, 0.1) is 0 Å². The average molecular weight is 725 g/mol. The minimum Gasteiger partial charge on any atom is -0.368 e. The van der Waals surface area contributed by atoms with Crippen molar-refractivity contribution >= 4 is 85.9 Å². The van der Waals surface area contributed by atoms with Gasteiger partial charge in [0.05, 0.1) is 26.0 Å². The Bertz CT molecular complexity index is 2070. The molecule has 7 rings (SSSR count). The van der Waals surface area contributed by atoms with Crippen molar-refractivity contribution in [1.29, 1.82) is 0 Å². The molecule has 0 radical (unpaired) electrons. The van der Waals surface area contributed by atoms with Crippen LogP contribution in [0.3, 0.4) is 0 Å². The van der Waals surface area contributed by atoms with Crippen molar-refractivity contribution in [1.82, 2.24) is 0 Å². The lowest BCUT2D eigenvalue weighted by molar-refractivity contribution is 0.670. The summed E-state index contributed by atoms with van der Waals surface area (Å²) in [5, 5.41) is 3.90. The number of nitrogens with zero attached hydrogens (tertiary/aromatic N) is 1. The van der Waals surface area contributed by atoms with E-state index in [2.05, 4.69) is 111 Å². The molecular weight excluding hydrogens is 681 g/mol. The van der Waals surface area contributed by atoms with Crippen molar-refractivity contribution in [2.75, 3.05) is 5.32 Å². The quantitative estimate of drug-likeness (QED) is 0.113. The Labute approximate surface area is 305 Å². The Morgan fingerprint density at radius 3 is 1.79 bits per heavy atom. The molecule has 5 aromatic rings. The third-order valence-electron chi connectivity index (χ3n) is 9.04. The van der Waals surface area contributed by atoms with Gasteiger partial charge in [0.1, 0.15) is 5.69 Å². The number of nitrogens with one attached hydrogen (secondary N) is 1. The Hall–Kier alpha value is -2.81. The van der Waals surface area contributed by atoms with Gasteiger partial charge in [-0.1, -0.05) is 70.6 Å².